The second-order valence-electron chi connectivity index (χ2n) is 7.25. The second kappa shape index (κ2) is 9.30. The molecular formula is C22H25N5O3S. The van der Waals surface area contributed by atoms with Crippen LogP contribution in [0.5, 0.6) is 11.5 Å². The topological polar surface area (TPSA) is 104 Å². The number of fused-ring (bicyclic) bond motifs is 1. The Kier molecular flexibility index (Phi) is 6.31. The van der Waals surface area contributed by atoms with Crippen molar-refractivity contribution in [1.82, 2.24) is 20.2 Å². The lowest BCUT2D eigenvalue weighted by Gasteiger charge is -2.26. The molecule has 0 aliphatic heterocycles. The van der Waals surface area contributed by atoms with Crippen LogP contribution in [0.15, 0.2) is 47.6 Å². The quantitative estimate of drug-likeness (QED) is 0.431. The van der Waals surface area contributed by atoms with E-state index < -0.39 is 0 Å². The molecule has 1 aromatic heterocycles. The van der Waals surface area contributed by atoms with Crippen LogP contribution in [0.25, 0.3) is 11.4 Å². The van der Waals surface area contributed by atoms with E-state index in [9.17, 15) is 4.79 Å². The van der Waals surface area contributed by atoms with Gasteiger partial charge in [-0.15, -0.1) is 10.2 Å². The number of methoxy groups -OCH3 is 2. The number of rotatable bonds is 7. The second-order valence-corrected chi connectivity index (χ2v) is 8.19. The van der Waals surface area contributed by atoms with Gasteiger partial charge in [-0.05, 0) is 48.6 Å². The zero-order chi connectivity index (χ0) is 21.8. The van der Waals surface area contributed by atoms with Crippen LogP contribution in [-0.2, 0) is 11.2 Å². The fraction of sp³-hybridized carbons (Fsp3) is 0.318. The highest BCUT2D eigenvalue weighted by atomic mass is 32.2. The summed E-state index contributed by atoms with van der Waals surface area (Å²) in [6, 6.07) is 13.7. The van der Waals surface area contributed by atoms with Gasteiger partial charge in [0.1, 0.15) is 0 Å². The van der Waals surface area contributed by atoms with Gasteiger partial charge < -0.3 is 20.6 Å². The predicted octanol–water partition coefficient (Wildman–Crippen LogP) is 2.96. The molecular weight excluding hydrogens is 414 g/mol. The van der Waals surface area contributed by atoms with E-state index in [1.807, 2.05) is 18.2 Å². The number of hydrogen-bond acceptors (Lipinski definition) is 7. The third-order valence-electron chi connectivity index (χ3n) is 5.34. The van der Waals surface area contributed by atoms with Crippen LogP contribution in [0.4, 0.5) is 0 Å². The summed E-state index contributed by atoms with van der Waals surface area (Å²) in [5.41, 5.74) is 3.26. The molecule has 0 saturated heterocycles. The number of thioether (sulfide) groups is 1. The Morgan fingerprint density at radius 2 is 2.00 bits per heavy atom. The largest absolute Gasteiger partial charge is 0.493 e. The van der Waals surface area contributed by atoms with Crippen LogP contribution < -0.4 is 20.6 Å². The minimum atomic E-state index is -0.0534. The van der Waals surface area contributed by atoms with Gasteiger partial charge in [0.25, 0.3) is 0 Å². The van der Waals surface area contributed by atoms with E-state index in [2.05, 4.69) is 27.6 Å². The summed E-state index contributed by atoms with van der Waals surface area (Å²) < 4.78 is 12.0. The summed E-state index contributed by atoms with van der Waals surface area (Å²) in [6.45, 7) is 0. The highest BCUT2D eigenvalue weighted by Gasteiger charge is 2.22. The molecule has 1 atom stereocenters. The minimum Gasteiger partial charge on any atom is -0.493 e. The first-order valence-corrected chi connectivity index (χ1v) is 11.0. The standard InChI is InChI=1S/C22H25N5O3S/c1-29-18-11-10-15(12-19(18)30-2)21-25-26-22(27(21)23)31-13-20(28)24-17-9-5-7-14-6-3-4-8-16(14)17/h3-4,6,8,10-12,17H,5,7,9,13,23H2,1-2H3,(H,24,28)/t17-/m0/s1. The van der Waals surface area contributed by atoms with Crippen molar-refractivity contribution in [2.24, 2.45) is 0 Å². The molecule has 1 aliphatic carbocycles. The zero-order valence-electron chi connectivity index (χ0n) is 17.5. The number of carbonyl (C=O) groups is 1. The summed E-state index contributed by atoms with van der Waals surface area (Å²) in [4.78, 5) is 12.6. The van der Waals surface area contributed by atoms with Crippen LogP contribution in [0, 0.1) is 0 Å². The van der Waals surface area contributed by atoms with Crippen molar-refractivity contribution in [3.8, 4) is 22.9 Å². The predicted molar refractivity (Wildman–Crippen MR) is 120 cm³/mol. The van der Waals surface area contributed by atoms with Gasteiger partial charge in [-0.2, -0.15) is 0 Å². The maximum Gasteiger partial charge on any atom is 0.230 e. The summed E-state index contributed by atoms with van der Waals surface area (Å²) in [6.07, 6.45) is 3.08. The number of hydrogen-bond donors (Lipinski definition) is 2. The van der Waals surface area contributed by atoms with Crippen molar-refractivity contribution < 1.29 is 14.3 Å². The van der Waals surface area contributed by atoms with Crippen molar-refractivity contribution in [3.05, 3.63) is 53.6 Å². The molecule has 1 aliphatic rings. The van der Waals surface area contributed by atoms with Crippen LogP contribution in [0.3, 0.4) is 0 Å². The molecule has 2 aromatic carbocycles. The van der Waals surface area contributed by atoms with Crippen molar-refractivity contribution in [2.75, 3.05) is 25.8 Å². The normalized spacial score (nSPS) is 15.2. The Morgan fingerprint density at radius 3 is 2.81 bits per heavy atom. The number of aryl methyl sites for hydroxylation is 1. The Hall–Kier alpha value is -3.20. The van der Waals surface area contributed by atoms with Gasteiger partial charge in [0.05, 0.1) is 26.0 Å². The number of carbonyl (C=O) groups excluding carboxylic acids is 1. The summed E-state index contributed by atoms with van der Waals surface area (Å²) in [5.74, 6) is 8.02. The minimum absolute atomic E-state index is 0.0520. The fourth-order valence-electron chi connectivity index (χ4n) is 3.82. The van der Waals surface area contributed by atoms with Crippen molar-refractivity contribution >= 4 is 17.7 Å². The third kappa shape index (κ3) is 4.46. The van der Waals surface area contributed by atoms with Crippen LogP contribution in [0.1, 0.15) is 30.0 Å². The Morgan fingerprint density at radius 1 is 1.19 bits per heavy atom. The van der Waals surface area contributed by atoms with E-state index in [1.165, 1.54) is 27.6 Å². The Balaban J connectivity index is 1.41. The maximum atomic E-state index is 12.6. The first-order chi connectivity index (χ1) is 15.1. The van der Waals surface area contributed by atoms with Gasteiger partial charge >= 0.3 is 0 Å². The molecule has 0 radical (unpaired) electrons. The molecule has 1 amide bonds. The van der Waals surface area contributed by atoms with Gasteiger partial charge in [0.2, 0.25) is 11.1 Å². The van der Waals surface area contributed by atoms with E-state index in [1.54, 1.807) is 26.4 Å². The first kappa shape index (κ1) is 21.0. The molecule has 3 aromatic rings. The van der Waals surface area contributed by atoms with Crippen molar-refractivity contribution in [1.29, 1.82) is 0 Å². The number of nitrogens with zero attached hydrogens (tertiary/aromatic N) is 3. The van der Waals surface area contributed by atoms with Crippen LogP contribution >= 0.6 is 11.8 Å². The number of nitrogens with two attached hydrogens (primary N) is 1. The molecule has 9 heteroatoms. The van der Waals surface area contributed by atoms with E-state index in [4.69, 9.17) is 15.3 Å². The molecule has 4 rings (SSSR count). The Bertz CT molecular complexity index is 1080. The van der Waals surface area contributed by atoms with E-state index >= 15 is 0 Å². The average Bonchev–Trinajstić information content (AvgIpc) is 3.17. The number of aromatic nitrogens is 3. The molecule has 3 N–H and O–H groups in total. The number of nitrogens with one attached hydrogen (secondary N) is 1. The molecule has 0 bridgehead atoms. The van der Waals surface area contributed by atoms with Crippen molar-refractivity contribution in [3.63, 3.8) is 0 Å². The smallest absolute Gasteiger partial charge is 0.230 e. The number of nitrogen functional groups attached to an aromatic ring is 1. The van der Waals surface area contributed by atoms with Crippen molar-refractivity contribution in [2.45, 2.75) is 30.5 Å². The third-order valence-corrected chi connectivity index (χ3v) is 6.29. The van der Waals surface area contributed by atoms with E-state index in [0.29, 0.717) is 22.5 Å². The van der Waals surface area contributed by atoms with E-state index in [-0.39, 0.29) is 17.7 Å². The number of amides is 1. The highest BCUT2D eigenvalue weighted by molar-refractivity contribution is 7.99. The Labute approximate surface area is 185 Å². The van der Waals surface area contributed by atoms with Gasteiger partial charge in [-0.1, -0.05) is 36.0 Å². The van der Waals surface area contributed by atoms with Gasteiger partial charge in [0.15, 0.2) is 17.3 Å². The lowest BCUT2D eigenvalue weighted by atomic mass is 9.88. The van der Waals surface area contributed by atoms with Gasteiger partial charge in [-0.25, -0.2) is 4.68 Å². The molecule has 0 unspecified atom stereocenters. The van der Waals surface area contributed by atoms with Gasteiger partial charge in [0, 0.05) is 5.56 Å². The number of benzene rings is 2. The number of ether oxygens (including phenoxy) is 2. The highest BCUT2D eigenvalue weighted by Crippen LogP contribution is 2.32. The van der Waals surface area contributed by atoms with Crippen LogP contribution in [0.2, 0.25) is 0 Å². The molecule has 8 nitrogen and oxygen atoms in total. The molecule has 0 saturated carbocycles. The summed E-state index contributed by atoms with van der Waals surface area (Å²) in [5, 5.41) is 11.9. The zero-order valence-corrected chi connectivity index (χ0v) is 18.3. The molecule has 0 fully saturated rings. The lowest BCUT2D eigenvalue weighted by Crippen LogP contribution is -2.32. The maximum absolute atomic E-state index is 12.6. The summed E-state index contributed by atoms with van der Waals surface area (Å²) in [7, 11) is 3.15. The van der Waals surface area contributed by atoms with Gasteiger partial charge in [-0.3, -0.25) is 4.79 Å². The first-order valence-electron chi connectivity index (χ1n) is 10.0. The molecule has 31 heavy (non-hydrogen) atoms. The molecule has 162 valence electrons. The lowest BCUT2D eigenvalue weighted by molar-refractivity contribution is -0.119. The van der Waals surface area contributed by atoms with Crippen LogP contribution in [-0.4, -0.2) is 40.8 Å². The monoisotopic (exact) mass is 439 g/mol. The average molecular weight is 440 g/mol. The summed E-state index contributed by atoms with van der Waals surface area (Å²) >= 11 is 1.25. The molecule has 0 spiro atoms. The fourth-order valence-corrected chi connectivity index (χ4v) is 4.49. The van der Waals surface area contributed by atoms with E-state index in [0.717, 1.165) is 24.8 Å². The molecule has 1 heterocycles. The SMILES string of the molecule is COc1ccc(-c2nnc(SCC(=O)N[C@H]3CCCc4ccccc43)n2N)cc1OC.